The van der Waals surface area contributed by atoms with E-state index in [-0.39, 0.29) is 17.4 Å². The molecule has 4 rings (SSSR count). The maximum atomic E-state index is 12.6. The van der Waals surface area contributed by atoms with Crippen LogP contribution in [0.15, 0.2) is 36.5 Å². The van der Waals surface area contributed by atoms with Crippen molar-refractivity contribution in [3.8, 4) is 5.75 Å². The van der Waals surface area contributed by atoms with Crippen LogP contribution in [0.4, 0.5) is 13.2 Å². The third-order valence-electron chi connectivity index (χ3n) is 4.96. The fourth-order valence-corrected chi connectivity index (χ4v) is 3.55. The number of carbonyl (C=O) groups is 1. The summed E-state index contributed by atoms with van der Waals surface area (Å²) < 4.78 is 43.3. The summed E-state index contributed by atoms with van der Waals surface area (Å²) in [4.78, 5) is 17.6. The van der Waals surface area contributed by atoms with E-state index >= 15 is 0 Å². The van der Waals surface area contributed by atoms with E-state index in [1.807, 2.05) is 12.1 Å². The molecule has 2 aliphatic rings. The van der Waals surface area contributed by atoms with E-state index < -0.39 is 11.9 Å². The molecule has 1 atom stereocenters. The highest BCUT2D eigenvalue weighted by atomic mass is 19.4. The highest BCUT2D eigenvalue weighted by molar-refractivity contribution is 5.94. The number of amides is 1. The monoisotopic (exact) mass is 362 g/mol. The number of rotatable bonds is 2. The smallest absolute Gasteiger partial charge is 0.433 e. The number of likely N-dealkylation sites (tertiary alicyclic amines) is 1. The first-order chi connectivity index (χ1) is 12.4. The zero-order valence-electron chi connectivity index (χ0n) is 13.9. The fraction of sp³-hybridized carbons (Fsp3) is 0.368. The van der Waals surface area contributed by atoms with E-state index in [2.05, 4.69) is 11.1 Å². The highest BCUT2D eigenvalue weighted by Crippen LogP contribution is 2.33. The van der Waals surface area contributed by atoms with Crippen LogP contribution >= 0.6 is 0 Å². The summed E-state index contributed by atoms with van der Waals surface area (Å²) in [6, 6.07) is 8.19. The van der Waals surface area contributed by atoms with Crippen molar-refractivity contribution in [2.24, 2.45) is 0 Å². The summed E-state index contributed by atoms with van der Waals surface area (Å²) in [5, 5.41) is 0. The third kappa shape index (κ3) is 3.13. The van der Waals surface area contributed by atoms with E-state index in [0.29, 0.717) is 19.7 Å². The zero-order chi connectivity index (χ0) is 18.3. The minimum Gasteiger partial charge on any atom is -0.493 e. The van der Waals surface area contributed by atoms with Gasteiger partial charge in [0.1, 0.15) is 11.4 Å². The lowest BCUT2D eigenvalue weighted by Crippen LogP contribution is -2.28. The molecule has 0 radical (unpaired) electrons. The molecule has 0 spiro atoms. The average molecular weight is 362 g/mol. The van der Waals surface area contributed by atoms with Crippen LogP contribution in [0.2, 0.25) is 0 Å². The van der Waals surface area contributed by atoms with Gasteiger partial charge in [0.2, 0.25) is 0 Å². The van der Waals surface area contributed by atoms with Crippen molar-refractivity contribution < 1.29 is 22.7 Å². The Morgan fingerprint density at radius 1 is 1.23 bits per heavy atom. The second kappa shape index (κ2) is 6.30. The number of ether oxygens (including phenoxy) is 1. The summed E-state index contributed by atoms with van der Waals surface area (Å²) in [6.45, 7) is 1.84. The van der Waals surface area contributed by atoms with Gasteiger partial charge in [-0.2, -0.15) is 13.2 Å². The number of halogens is 3. The summed E-state index contributed by atoms with van der Waals surface area (Å²) in [7, 11) is 0. The van der Waals surface area contributed by atoms with Gasteiger partial charge in [-0.25, -0.2) is 0 Å². The lowest BCUT2D eigenvalue weighted by molar-refractivity contribution is -0.141. The molecule has 1 aromatic carbocycles. The molecule has 136 valence electrons. The first kappa shape index (κ1) is 16.9. The van der Waals surface area contributed by atoms with Crippen molar-refractivity contribution in [2.45, 2.75) is 24.9 Å². The molecular weight excluding hydrogens is 345 g/mol. The van der Waals surface area contributed by atoms with Crippen LogP contribution in [-0.2, 0) is 12.6 Å². The Morgan fingerprint density at radius 3 is 2.81 bits per heavy atom. The Kier molecular flexibility index (Phi) is 4.09. The maximum absolute atomic E-state index is 12.6. The van der Waals surface area contributed by atoms with Gasteiger partial charge in [-0.3, -0.25) is 9.78 Å². The normalized spacial score (nSPS) is 19.3. The Hall–Kier alpha value is -2.57. The van der Waals surface area contributed by atoms with Crippen molar-refractivity contribution in [1.82, 2.24) is 9.88 Å². The number of alkyl halides is 3. The number of pyridine rings is 1. The SMILES string of the molecule is O=C(c1ccc(C(F)(F)F)nc1)N1CC[C@H](c2ccc3c(c2)CCO3)C1. The van der Waals surface area contributed by atoms with Gasteiger partial charge in [-0.15, -0.1) is 0 Å². The highest BCUT2D eigenvalue weighted by Gasteiger charge is 2.33. The van der Waals surface area contributed by atoms with Gasteiger partial charge < -0.3 is 9.64 Å². The van der Waals surface area contributed by atoms with Crippen molar-refractivity contribution in [3.05, 3.63) is 58.9 Å². The van der Waals surface area contributed by atoms with Gasteiger partial charge in [-0.05, 0) is 35.7 Å². The topological polar surface area (TPSA) is 42.4 Å². The predicted molar refractivity (Wildman–Crippen MR) is 88.1 cm³/mol. The van der Waals surface area contributed by atoms with Gasteiger partial charge in [0, 0.05) is 31.6 Å². The molecule has 0 unspecified atom stereocenters. The first-order valence-corrected chi connectivity index (χ1v) is 8.50. The number of nitrogens with zero attached hydrogens (tertiary/aromatic N) is 2. The van der Waals surface area contributed by atoms with Crippen molar-refractivity contribution in [1.29, 1.82) is 0 Å². The predicted octanol–water partition coefficient (Wildman–Crippen LogP) is 3.67. The molecule has 1 amide bonds. The molecule has 0 aliphatic carbocycles. The summed E-state index contributed by atoms with van der Waals surface area (Å²) in [5.41, 5.74) is 1.56. The Balaban J connectivity index is 1.45. The molecule has 7 heteroatoms. The molecule has 26 heavy (non-hydrogen) atoms. The first-order valence-electron chi connectivity index (χ1n) is 8.50. The maximum Gasteiger partial charge on any atom is 0.433 e. The standard InChI is InChI=1S/C19H17F3N2O2/c20-19(21,22)17-4-2-14(10-23-17)18(25)24-7-5-15(11-24)12-1-3-16-13(9-12)6-8-26-16/h1-4,9-10,15H,5-8,11H2/t15-/m0/s1. The molecule has 0 saturated carbocycles. The Bertz CT molecular complexity index is 834. The second-order valence-electron chi connectivity index (χ2n) is 6.63. The van der Waals surface area contributed by atoms with Crippen LogP contribution in [0, 0.1) is 0 Å². The van der Waals surface area contributed by atoms with Crippen LogP contribution in [0.1, 0.15) is 39.5 Å². The molecule has 4 nitrogen and oxygen atoms in total. The molecule has 2 aromatic rings. The van der Waals surface area contributed by atoms with E-state index in [1.54, 1.807) is 4.90 Å². The van der Waals surface area contributed by atoms with Gasteiger partial charge in [0.05, 0.1) is 12.2 Å². The molecule has 3 heterocycles. The second-order valence-corrected chi connectivity index (χ2v) is 6.63. The molecule has 1 saturated heterocycles. The lowest BCUT2D eigenvalue weighted by atomic mass is 9.96. The lowest BCUT2D eigenvalue weighted by Gasteiger charge is -2.17. The Labute approximate surface area is 148 Å². The van der Waals surface area contributed by atoms with Crippen LogP contribution in [-0.4, -0.2) is 35.5 Å². The van der Waals surface area contributed by atoms with Crippen LogP contribution in [0.3, 0.4) is 0 Å². The van der Waals surface area contributed by atoms with Gasteiger partial charge >= 0.3 is 6.18 Å². The largest absolute Gasteiger partial charge is 0.493 e. The van der Waals surface area contributed by atoms with Crippen molar-refractivity contribution >= 4 is 5.91 Å². The third-order valence-corrected chi connectivity index (χ3v) is 4.96. The molecule has 0 bridgehead atoms. The zero-order valence-corrected chi connectivity index (χ0v) is 13.9. The molecule has 1 fully saturated rings. The minimum absolute atomic E-state index is 0.181. The van der Waals surface area contributed by atoms with Gasteiger partial charge in [-0.1, -0.05) is 12.1 Å². The number of hydrogen-bond donors (Lipinski definition) is 0. The molecule has 2 aliphatic heterocycles. The number of hydrogen-bond acceptors (Lipinski definition) is 3. The number of carbonyl (C=O) groups excluding carboxylic acids is 1. The van der Waals surface area contributed by atoms with Gasteiger partial charge in [0.15, 0.2) is 0 Å². The van der Waals surface area contributed by atoms with E-state index in [0.717, 1.165) is 30.9 Å². The Morgan fingerprint density at radius 2 is 2.08 bits per heavy atom. The van der Waals surface area contributed by atoms with Crippen LogP contribution in [0.5, 0.6) is 5.75 Å². The van der Waals surface area contributed by atoms with Crippen LogP contribution in [0.25, 0.3) is 0 Å². The quantitative estimate of drug-likeness (QED) is 0.819. The molecular formula is C19H17F3N2O2. The summed E-state index contributed by atoms with van der Waals surface area (Å²) in [5.74, 6) is 0.876. The van der Waals surface area contributed by atoms with E-state index in [1.165, 1.54) is 17.2 Å². The summed E-state index contributed by atoms with van der Waals surface area (Å²) in [6.07, 6.45) is -1.77. The van der Waals surface area contributed by atoms with Crippen molar-refractivity contribution in [2.75, 3.05) is 19.7 Å². The number of aromatic nitrogens is 1. The summed E-state index contributed by atoms with van der Waals surface area (Å²) >= 11 is 0. The van der Waals surface area contributed by atoms with E-state index in [4.69, 9.17) is 4.74 Å². The van der Waals surface area contributed by atoms with E-state index in [9.17, 15) is 18.0 Å². The average Bonchev–Trinajstić information content (AvgIpc) is 3.29. The molecule has 1 aromatic heterocycles. The van der Waals surface area contributed by atoms with Crippen LogP contribution < -0.4 is 4.74 Å². The molecule has 0 N–H and O–H groups in total. The minimum atomic E-state index is -4.50. The van der Waals surface area contributed by atoms with Gasteiger partial charge in [0.25, 0.3) is 5.91 Å². The number of fused-ring (bicyclic) bond motifs is 1. The number of benzene rings is 1. The fourth-order valence-electron chi connectivity index (χ4n) is 3.55. The van der Waals surface area contributed by atoms with Crippen molar-refractivity contribution in [3.63, 3.8) is 0 Å².